The number of anilines is 1. The van der Waals surface area contributed by atoms with Crippen molar-refractivity contribution in [3.63, 3.8) is 0 Å². The summed E-state index contributed by atoms with van der Waals surface area (Å²) >= 11 is 0. The van der Waals surface area contributed by atoms with Crippen LogP contribution in [0.15, 0.2) is 18.2 Å². The highest BCUT2D eigenvalue weighted by Crippen LogP contribution is 2.32. The van der Waals surface area contributed by atoms with E-state index in [1.165, 1.54) is 18.4 Å². The van der Waals surface area contributed by atoms with Gasteiger partial charge < -0.3 is 10.1 Å². The molecule has 0 saturated carbocycles. The highest BCUT2D eigenvalue weighted by atomic mass is 16.5. The van der Waals surface area contributed by atoms with E-state index in [-0.39, 0.29) is 11.3 Å². The molecule has 0 heterocycles. The Labute approximate surface area is 148 Å². The third-order valence-electron chi connectivity index (χ3n) is 4.48. The number of nitrogens with one attached hydrogen (secondary N) is 1. The molecule has 1 aromatic carbocycles. The number of carbonyl (C=O) groups excluding carboxylic acids is 1. The molecular formula is C21H35NO2. The van der Waals surface area contributed by atoms with Gasteiger partial charge in [0.2, 0.25) is 5.91 Å². The summed E-state index contributed by atoms with van der Waals surface area (Å²) in [6.45, 7) is 11.4. The van der Waals surface area contributed by atoms with Crippen molar-refractivity contribution in [1.82, 2.24) is 0 Å². The summed E-state index contributed by atoms with van der Waals surface area (Å²) < 4.78 is 6.07. The van der Waals surface area contributed by atoms with Crippen LogP contribution in [0.2, 0.25) is 0 Å². The van der Waals surface area contributed by atoms with Gasteiger partial charge >= 0.3 is 0 Å². The molecule has 136 valence electrons. The van der Waals surface area contributed by atoms with Crippen LogP contribution in [-0.2, 0) is 11.2 Å². The Morgan fingerprint density at radius 3 is 2.50 bits per heavy atom. The summed E-state index contributed by atoms with van der Waals surface area (Å²) in [6, 6.07) is 6.06. The zero-order valence-electron chi connectivity index (χ0n) is 16.2. The number of amides is 1. The van der Waals surface area contributed by atoms with Crippen LogP contribution in [-0.4, -0.2) is 12.5 Å². The molecule has 0 radical (unpaired) electrons. The minimum absolute atomic E-state index is 0.0211. The van der Waals surface area contributed by atoms with Gasteiger partial charge in [0, 0.05) is 6.42 Å². The molecule has 1 N–H and O–H groups in total. The fourth-order valence-electron chi connectivity index (χ4n) is 2.60. The average molecular weight is 334 g/mol. The number of hydrogen-bond donors (Lipinski definition) is 1. The zero-order valence-corrected chi connectivity index (χ0v) is 16.2. The smallest absolute Gasteiger partial charge is 0.225 e. The van der Waals surface area contributed by atoms with Gasteiger partial charge in [-0.2, -0.15) is 0 Å². The van der Waals surface area contributed by atoms with Crippen LogP contribution < -0.4 is 10.1 Å². The van der Waals surface area contributed by atoms with Crippen LogP contribution in [0.5, 0.6) is 5.75 Å². The van der Waals surface area contributed by atoms with Gasteiger partial charge in [-0.1, -0.05) is 72.4 Å². The molecule has 0 atom stereocenters. The lowest BCUT2D eigenvalue weighted by atomic mass is 9.86. The lowest BCUT2D eigenvalue weighted by Crippen LogP contribution is -2.22. The van der Waals surface area contributed by atoms with Crippen LogP contribution in [0.25, 0.3) is 0 Å². The minimum Gasteiger partial charge on any atom is -0.491 e. The molecule has 0 aliphatic carbocycles. The molecule has 0 aliphatic heterocycles. The SMILES string of the molecule is CCCCCOc1c(CCC)cccc1NC(=O)CC(C)(C)CC. The van der Waals surface area contributed by atoms with Crippen molar-refractivity contribution in [1.29, 1.82) is 0 Å². The fraction of sp³-hybridized carbons (Fsp3) is 0.667. The Balaban J connectivity index is 2.87. The number of benzene rings is 1. The van der Waals surface area contributed by atoms with Crippen LogP contribution in [0.4, 0.5) is 5.69 Å². The first-order valence-corrected chi connectivity index (χ1v) is 9.48. The molecular weight excluding hydrogens is 298 g/mol. The number of carbonyl (C=O) groups is 1. The molecule has 3 heteroatoms. The van der Waals surface area contributed by atoms with Crippen molar-refractivity contribution in [2.24, 2.45) is 5.41 Å². The quantitative estimate of drug-likeness (QED) is 0.506. The maximum Gasteiger partial charge on any atom is 0.225 e. The maximum atomic E-state index is 12.4. The van der Waals surface area contributed by atoms with E-state index >= 15 is 0 Å². The number of hydrogen-bond acceptors (Lipinski definition) is 2. The standard InChI is InChI=1S/C21H35NO2/c1-6-9-10-15-24-20-17(12-7-2)13-11-14-18(20)22-19(23)16-21(4,5)8-3/h11,13-14H,6-10,12,15-16H2,1-5H3,(H,22,23). The van der Waals surface area contributed by atoms with Crippen molar-refractivity contribution < 1.29 is 9.53 Å². The summed E-state index contributed by atoms with van der Waals surface area (Å²) in [7, 11) is 0. The van der Waals surface area contributed by atoms with Crippen molar-refractivity contribution in [3.05, 3.63) is 23.8 Å². The third-order valence-corrected chi connectivity index (χ3v) is 4.48. The lowest BCUT2D eigenvalue weighted by Gasteiger charge is -2.22. The molecule has 0 fully saturated rings. The van der Waals surface area contributed by atoms with Gasteiger partial charge in [-0.05, 0) is 29.9 Å². The first-order valence-electron chi connectivity index (χ1n) is 9.48. The molecule has 0 aliphatic rings. The summed E-state index contributed by atoms with van der Waals surface area (Å²) in [6.07, 6.45) is 6.93. The van der Waals surface area contributed by atoms with Crippen molar-refractivity contribution in [3.8, 4) is 5.75 Å². The van der Waals surface area contributed by atoms with E-state index in [2.05, 4.69) is 46.0 Å². The van der Waals surface area contributed by atoms with Crippen LogP contribution >= 0.6 is 0 Å². The van der Waals surface area contributed by atoms with Gasteiger partial charge in [0.05, 0.1) is 12.3 Å². The minimum atomic E-state index is 0.0211. The third kappa shape index (κ3) is 6.94. The topological polar surface area (TPSA) is 38.3 Å². The molecule has 0 unspecified atom stereocenters. The maximum absolute atomic E-state index is 12.4. The Bertz CT molecular complexity index is 509. The first kappa shape index (κ1) is 20.5. The van der Waals surface area contributed by atoms with Gasteiger partial charge in [0.15, 0.2) is 0 Å². The van der Waals surface area contributed by atoms with E-state index in [4.69, 9.17) is 4.74 Å². The van der Waals surface area contributed by atoms with Crippen LogP contribution in [0, 0.1) is 5.41 Å². The summed E-state index contributed by atoms with van der Waals surface area (Å²) in [5, 5.41) is 3.08. The van der Waals surface area contributed by atoms with E-state index in [9.17, 15) is 4.79 Å². The van der Waals surface area contributed by atoms with E-state index in [0.717, 1.165) is 37.1 Å². The Hall–Kier alpha value is -1.51. The molecule has 1 amide bonds. The van der Waals surface area contributed by atoms with Crippen LogP contribution in [0.3, 0.4) is 0 Å². The molecule has 1 aromatic rings. The van der Waals surface area contributed by atoms with Crippen molar-refractivity contribution in [2.45, 2.75) is 79.6 Å². The second kappa shape index (κ2) is 10.4. The van der Waals surface area contributed by atoms with E-state index in [1.54, 1.807) is 0 Å². The highest BCUT2D eigenvalue weighted by Gasteiger charge is 2.21. The van der Waals surface area contributed by atoms with E-state index in [1.807, 2.05) is 12.1 Å². The van der Waals surface area contributed by atoms with Gasteiger partial charge in [-0.25, -0.2) is 0 Å². The molecule has 1 rings (SSSR count). The summed E-state index contributed by atoms with van der Waals surface area (Å²) in [4.78, 5) is 12.4. The predicted octanol–water partition coefficient (Wildman–Crippen LogP) is 5.97. The molecule has 0 bridgehead atoms. The Kier molecular flexibility index (Phi) is 8.88. The average Bonchev–Trinajstić information content (AvgIpc) is 2.53. The van der Waals surface area contributed by atoms with Crippen LogP contribution in [0.1, 0.15) is 78.7 Å². The number of unbranched alkanes of at least 4 members (excludes halogenated alkanes) is 2. The monoisotopic (exact) mass is 333 g/mol. The summed E-state index contributed by atoms with van der Waals surface area (Å²) in [5.41, 5.74) is 2.02. The number of aryl methyl sites for hydroxylation is 1. The predicted molar refractivity (Wildman–Crippen MR) is 103 cm³/mol. The molecule has 0 aromatic heterocycles. The number of ether oxygens (including phenoxy) is 1. The molecule has 0 spiro atoms. The molecule has 24 heavy (non-hydrogen) atoms. The van der Waals surface area contributed by atoms with Crippen molar-refractivity contribution >= 4 is 11.6 Å². The number of rotatable bonds is 11. The highest BCUT2D eigenvalue weighted by molar-refractivity contribution is 5.93. The molecule has 0 saturated heterocycles. The van der Waals surface area contributed by atoms with Gasteiger partial charge in [0.1, 0.15) is 5.75 Å². The first-order chi connectivity index (χ1) is 11.4. The van der Waals surface area contributed by atoms with E-state index < -0.39 is 0 Å². The van der Waals surface area contributed by atoms with Gasteiger partial charge in [-0.15, -0.1) is 0 Å². The normalized spacial score (nSPS) is 11.4. The summed E-state index contributed by atoms with van der Waals surface area (Å²) in [5.74, 6) is 0.923. The van der Waals surface area contributed by atoms with Crippen molar-refractivity contribution in [2.75, 3.05) is 11.9 Å². The second-order valence-electron chi connectivity index (χ2n) is 7.34. The van der Waals surface area contributed by atoms with E-state index in [0.29, 0.717) is 13.0 Å². The number of para-hydroxylation sites is 1. The Morgan fingerprint density at radius 2 is 1.88 bits per heavy atom. The zero-order chi connectivity index (χ0) is 18.0. The second-order valence-corrected chi connectivity index (χ2v) is 7.34. The molecule has 3 nitrogen and oxygen atoms in total. The lowest BCUT2D eigenvalue weighted by molar-refractivity contribution is -0.118. The largest absolute Gasteiger partial charge is 0.491 e. The Morgan fingerprint density at radius 1 is 1.12 bits per heavy atom. The van der Waals surface area contributed by atoms with Gasteiger partial charge in [-0.3, -0.25) is 4.79 Å². The van der Waals surface area contributed by atoms with Gasteiger partial charge in [0.25, 0.3) is 0 Å². The fourth-order valence-corrected chi connectivity index (χ4v) is 2.60.